The molecule has 27 heavy (non-hydrogen) atoms. The van der Waals surface area contributed by atoms with Crippen molar-refractivity contribution in [2.45, 2.75) is 19.4 Å². The molecule has 5 heteroatoms. The molecule has 2 heterocycles. The van der Waals surface area contributed by atoms with Crippen LogP contribution in [0.15, 0.2) is 47.3 Å². The predicted octanol–water partition coefficient (Wildman–Crippen LogP) is 3.28. The summed E-state index contributed by atoms with van der Waals surface area (Å²) in [5, 5.41) is 1.49. The minimum Gasteiger partial charge on any atom is -0.495 e. The summed E-state index contributed by atoms with van der Waals surface area (Å²) < 4.78 is 13.3. The lowest BCUT2D eigenvalue weighted by molar-refractivity contribution is 0.0371. The molecular weight excluding hydrogens is 340 g/mol. The molecule has 4 rings (SSSR count). The zero-order valence-corrected chi connectivity index (χ0v) is 15.8. The topological polar surface area (TPSA) is 43.7 Å². The van der Waals surface area contributed by atoms with Crippen LogP contribution >= 0.6 is 0 Å². The number of ether oxygens (including phenoxy) is 2. The van der Waals surface area contributed by atoms with Crippen LogP contribution in [0.2, 0.25) is 0 Å². The van der Waals surface area contributed by atoms with Crippen molar-refractivity contribution >= 4 is 21.8 Å². The zero-order chi connectivity index (χ0) is 18.6. The van der Waals surface area contributed by atoms with E-state index in [-0.39, 0.29) is 5.43 Å². The molecule has 3 aromatic rings. The molecule has 0 saturated carbocycles. The van der Waals surface area contributed by atoms with E-state index in [1.54, 1.807) is 7.11 Å². The second-order valence-corrected chi connectivity index (χ2v) is 7.02. The molecule has 0 radical (unpaired) electrons. The first kappa shape index (κ1) is 18.0. The number of rotatable bonds is 6. The summed E-state index contributed by atoms with van der Waals surface area (Å²) in [7, 11) is 1.66. The number of fused-ring (bicyclic) bond motifs is 2. The van der Waals surface area contributed by atoms with Gasteiger partial charge in [-0.25, -0.2) is 0 Å². The van der Waals surface area contributed by atoms with E-state index in [4.69, 9.17) is 9.47 Å². The van der Waals surface area contributed by atoms with Crippen LogP contribution in [0.25, 0.3) is 21.8 Å². The summed E-state index contributed by atoms with van der Waals surface area (Å²) in [4.78, 5) is 15.4. The molecule has 0 unspecified atom stereocenters. The number of benzene rings is 2. The summed E-state index contributed by atoms with van der Waals surface area (Å²) in [5.74, 6) is 0.753. The van der Waals surface area contributed by atoms with Gasteiger partial charge in [0.1, 0.15) is 5.75 Å². The van der Waals surface area contributed by atoms with Gasteiger partial charge in [0.15, 0.2) is 5.43 Å². The fraction of sp³-hybridized carbons (Fsp3) is 0.409. The molecule has 1 aliphatic heterocycles. The smallest absolute Gasteiger partial charge is 0.197 e. The highest BCUT2D eigenvalue weighted by molar-refractivity contribution is 5.96. The molecule has 0 aliphatic carbocycles. The minimum atomic E-state index is 0.0732. The van der Waals surface area contributed by atoms with Crippen LogP contribution < -0.4 is 10.2 Å². The van der Waals surface area contributed by atoms with E-state index >= 15 is 0 Å². The Bertz CT molecular complexity index is 990. The van der Waals surface area contributed by atoms with E-state index in [1.165, 1.54) is 0 Å². The van der Waals surface area contributed by atoms with Crippen molar-refractivity contribution in [3.05, 3.63) is 52.7 Å². The SMILES string of the molecule is COc1cccc2c(=O)c3ccccc3n(CCCCN3CCOCC3)c12. The summed E-state index contributed by atoms with van der Waals surface area (Å²) >= 11 is 0. The summed E-state index contributed by atoms with van der Waals surface area (Å²) in [6.07, 6.45) is 2.18. The maximum Gasteiger partial charge on any atom is 0.197 e. The van der Waals surface area contributed by atoms with Gasteiger partial charge in [0.05, 0.1) is 36.7 Å². The molecule has 1 fully saturated rings. The number of nitrogens with zero attached hydrogens (tertiary/aromatic N) is 2. The molecule has 0 atom stereocenters. The second-order valence-electron chi connectivity index (χ2n) is 7.02. The maximum absolute atomic E-state index is 13.0. The lowest BCUT2D eigenvalue weighted by atomic mass is 10.1. The van der Waals surface area contributed by atoms with Crippen LogP contribution in [0.5, 0.6) is 5.75 Å². The number of para-hydroxylation sites is 2. The highest BCUT2D eigenvalue weighted by Gasteiger charge is 2.14. The molecular formula is C22H26N2O3. The first-order valence-corrected chi connectivity index (χ1v) is 9.68. The van der Waals surface area contributed by atoms with E-state index in [0.29, 0.717) is 0 Å². The molecule has 0 amide bonds. The Morgan fingerprint density at radius 1 is 0.963 bits per heavy atom. The number of aromatic nitrogens is 1. The third kappa shape index (κ3) is 3.57. The molecule has 0 N–H and O–H groups in total. The van der Waals surface area contributed by atoms with Gasteiger partial charge in [0.25, 0.3) is 0 Å². The molecule has 1 aliphatic rings. The highest BCUT2D eigenvalue weighted by Crippen LogP contribution is 2.27. The normalized spacial score (nSPS) is 15.4. The van der Waals surface area contributed by atoms with Gasteiger partial charge in [-0.1, -0.05) is 18.2 Å². The molecule has 142 valence electrons. The Balaban J connectivity index is 1.66. The first-order chi connectivity index (χ1) is 13.3. The molecule has 1 saturated heterocycles. The molecule has 1 aromatic heterocycles. The lowest BCUT2D eigenvalue weighted by Crippen LogP contribution is -2.36. The second kappa shape index (κ2) is 8.11. The number of hydrogen-bond acceptors (Lipinski definition) is 4. The van der Waals surface area contributed by atoms with Gasteiger partial charge in [-0.3, -0.25) is 9.69 Å². The van der Waals surface area contributed by atoms with Gasteiger partial charge >= 0.3 is 0 Å². The van der Waals surface area contributed by atoms with Gasteiger partial charge in [-0.15, -0.1) is 0 Å². The number of morpholine rings is 1. The molecule has 0 spiro atoms. The molecule has 2 aromatic carbocycles. The molecule has 0 bridgehead atoms. The van der Waals surface area contributed by atoms with Crippen LogP contribution in [-0.4, -0.2) is 49.4 Å². The van der Waals surface area contributed by atoms with Crippen molar-refractivity contribution in [1.82, 2.24) is 9.47 Å². The Morgan fingerprint density at radius 3 is 2.52 bits per heavy atom. The Hall–Kier alpha value is -2.37. The largest absolute Gasteiger partial charge is 0.495 e. The third-order valence-corrected chi connectivity index (χ3v) is 5.38. The van der Waals surface area contributed by atoms with E-state index < -0.39 is 0 Å². The number of pyridine rings is 1. The predicted molar refractivity (Wildman–Crippen MR) is 109 cm³/mol. The van der Waals surface area contributed by atoms with Crippen molar-refractivity contribution in [3.8, 4) is 5.75 Å². The Morgan fingerprint density at radius 2 is 1.70 bits per heavy atom. The number of aryl methyl sites for hydroxylation is 1. The summed E-state index contributed by atoms with van der Waals surface area (Å²) in [6, 6.07) is 13.6. The standard InChI is InChI=1S/C22H26N2O3/c1-26-20-10-6-8-18-21(20)24(19-9-3-2-7-17(19)22(18)25)12-5-4-11-23-13-15-27-16-14-23/h2-3,6-10H,4-5,11-16H2,1H3. The Labute approximate surface area is 159 Å². The van der Waals surface area contributed by atoms with Crippen molar-refractivity contribution < 1.29 is 9.47 Å². The number of methoxy groups -OCH3 is 1. The summed E-state index contributed by atoms with van der Waals surface area (Å²) in [5.41, 5.74) is 1.95. The van der Waals surface area contributed by atoms with Gasteiger partial charge in [-0.2, -0.15) is 0 Å². The monoisotopic (exact) mass is 366 g/mol. The van der Waals surface area contributed by atoms with Crippen molar-refractivity contribution in [3.63, 3.8) is 0 Å². The summed E-state index contributed by atoms with van der Waals surface area (Å²) in [6.45, 7) is 5.69. The van der Waals surface area contributed by atoms with Gasteiger partial charge in [0, 0.05) is 25.0 Å². The lowest BCUT2D eigenvalue weighted by Gasteiger charge is -2.26. The van der Waals surface area contributed by atoms with Crippen LogP contribution in [0, 0.1) is 0 Å². The van der Waals surface area contributed by atoms with E-state index in [2.05, 4.69) is 9.47 Å². The van der Waals surface area contributed by atoms with Gasteiger partial charge in [-0.05, 0) is 43.7 Å². The van der Waals surface area contributed by atoms with Crippen molar-refractivity contribution in [2.75, 3.05) is 40.0 Å². The third-order valence-electron chi connectivity index (χ3n) is 5.38. The fourth-order valence-corrected chi connectivity index (χ4v) is 3.98. The molecule has 5 nitrogen and oxygen atoms in total. The van der Waals surface area contributed by atoms with Gasteiger partial charge in [0.2, 0.25) is 0 Å². The average molecular weight is 366 g/mol. The van der Waals surface area contributed by atoms with Crippen LogP contribution in [0.1, 0.15) is 12.8 Å². The van der Waals surface area contributed by atoms with E-state index in [1.807, 2.05) is 42.5 Å². The van der Waals surface area contributed by atoms with E-state index in [9.17, 15) is 4.79 Å². The van der Waals surface area contributed by atoms with Crippen molar-refractivity contribution in [1.29, 1.82) is 0 Å². The first-order valence-electron chi connectivity index (χ1n) is 9.68. The maximum atomic E-state index is 13.0. The number of unbranched alkanes of at least 4 members (excludes halogenated alkanes) is 1. The van der Waals surface area contributed by atoms with Crippen LogP contribution in [0.4, 0.5) is 0 Å². The minimum absolute atomic E-state index is 0.0732. The van der Waals surface area contributed by atoms with Gasteiger partial charge < -0.3 is 14.0 Å². The van der Waals surface area contributed by atoms with Crippen LogP contribution in [0.3, 0.4) is 0 Å². The Kier molecular flexibility index (Phi) is 5.41. The van der Waals surface area contributed by atoms with Crippen LogP contribution in [-0.2, 0) is 11.3 Å². The fourth-order valence-electron chi connectivity index (χ4n) is 3.98. The number of hydrogen-bond donors (Lipinski definition) is 0. The van der Waals surface area contributed by atoms with Crippen molar-refractivity contribution in [2.24, 2.45) is 0 Å². The van der Waals surface area contributed by atoms with E-state index in [0.717, 1.165) is 79.8 Å². The zero-order valence-electron chi connectivity index (χ0n) is 15.8. The average Bonchev–Trinajstić information content (AvgIpc) is 2.73. The quantitative estimate of drug-likeness (QED) is 0.496. The highest BCUT2D eigenvalue weighted by atomic mass is 16.5.